The Balaban J connectivity index is 1.96. The fourth-order valence-corrected chi connectivity index (χ4v) is 2.06. The first-order chi connectivity index (χ1) is 7.24. The highest BCUT2D eigenvalue weighted by Gasteiger charge is 2.20. The topological polar surface area (TPSA) is 26.3 Å². The summed E-state index contributed by atoms with van der Waals surface area (Å²) >= 11 is 3.37. The van der Waals surface area contributed by atoms with Gasteiger partial charge in [-0.15, -0.1) is 0 Å². The smallest absolute Gasteiger partial charge is 0.136 e. The molecule has 2 nitrogen and oxygen atoms in total. The maximum atomic E-state index is 11.2. The van der Waals surface area contributed by atoms with E-state index in [1.165, 1.54) is 0 Å². The lowest BCUT2D eigenvalue weighted by molar-refractivity contribution is -0.122. The Morgan fingerprint density at radius 3 is 2.67 bits per heavy atom. The van der Waals surface area contributed by atoms with Crippen LogP contribution >= 0.6 is 15.9 Å². The van der Waals surface area contributed by atoms with Gasteiger partial charge in [0.05, 0.1) is 0 Å². The van der Waals surface area contributed by atoms with Crippen LogP contribution in [0.2, 0.25) is 0 Å². The van der Waals surface area contributed by atoms with Gasteiger partial charge in [0.25, 0.3) is 0 Å². The van der Waals surface area contributed by atoms with Crippen molar-refractivity contribution < 1.29 is 9.53 Å². The van der Waals surface area contributed by atoms with Gasteiger partial charge in [-0.3, -0.25) is 4.79 Å². The quantitative estimate of drug-likeness (QED) is 0.823. The summed E-state index contributed by atoms with van der Waals surface area (Å²) in [4.78, 5) is 11.2. The molecule has 1 aliphatic carbocycles. The fraction of sp³-hybridized carbons (Fsp3) is 0.417. The highest BCUT2D eigenvalue weighted by molar-refractivity contribution is 9.10. The SMILES string of the molecule is O=C1CCCC(Oc2ccc(Br)cc2)C1. The zero-order valence-electron chi connectivity index (χ0n) is 8.41. The summed E-state index contributed by atoms with van der Waals surface area (Å²) in [6.07, 6.45) is 3.31. The van der Waals surface area contributed by atoms with E-state index in [0.717, 1.165) is 29.5 Å². The molecular formula is C12H13BrO2. The molecule has 0 radical (unpaired) electrons. The third kappa shape index (κ3) is 3.06. The Hall–Kier alpha value is -0.830. The largest absolute Gasteiger partial charge is 0.490 e. The molecule has 3 heteroatoms. The second kappa shape index (κ2) is 4.79. The molecule has 1 unspecified atom stereocenters. The average Bonchev–Trinajstić information content (AvgIpc) is 2.22. The molecule has 2 rings (SSSR count). The molecule has 1 saturated carbocycles. The van der Waals surface area contributed by atoms with Gasteiger partial charge in [0.2, 0.25) is 0 Å². The number of carbonyl (C=O) groups is 1. The molecule has 1 atom stereocenters. The molecule has 0 heterocycles. The first-order valence-corrected chi connectivity index (χ1v) is 5.97. The van der Waals surface area contributed by atoms with Gasteiger partial charge in [-0.2, -0.15) is 0 Å². The third-order valence-corrected chi connectivity index (χ3v) is 3.08. The first kappa shape index (κ1) is 10.7. The highest BCUT2D eigenvalue weighted by Crippen LogP contribution is 2.22. The number of ketones is 1. The van der Waals surface area contributed by atoms with Gasteiger partial charge >= 0.3 is 0 Å². The molecule has 1 aromatic carbocycles. The van der Waals surface area contributed by atoms with Gasteiger partial charge < -0.3 is 4.74 Å². The standard InChI is InChI=1S/C12H13BrO2/c13-9-4-6-11(7-5-9)15-12-3-1-2-10(14)8-12/h4-7,12H,1-3,8H2. The van der Waals surface area contributed by atoms with Crippen molar-refractivity contribution in [2.45, 2.75) is 31.8 Å². The van der Waals surface area contributed by atoms with Crippen LogP contribution < -0.4 is 4.74 Å². The normalized spacial score (nSPS) is 21.4. The molecule has 0 N–H and O–H groups in total. The number of carbonyl (C=O) groups excluding carboxylic acids is 1. The van der Waals surface area contributed by atoms with E-state index in [-0.39, 0.29) is 6.10 Å². The van der Waals surface area contributed by atoms with E-state index in [2.05, 4.69) is 15.9 Å². The van der Waals surface area contributed by atoms with Crippen molar-refractivity contribution in [1.29, 1.82) is 0 Å². The maximum absolute atomic E-state index is 11.2. The molecule has 0 amide bonds. The van der Waals surface area contributed by atoms with E-state index in [9.17, 15) is 4.79 Å². The van der Waals surface area contributed by atoms with E-state index in [1.807, 2.05) is 24.3 Å². The summed E-state index contributed by atoms with van der Waals surface area (Å²) in [6.45, 7) is 0. The summed E-state index contributed by atoms with van der Waals surface area (Å²) in [6, 6.07) is 7.73. The number of hydrogen-bond acceptors (Lipinski definition) is 2. The first-order valence-electron chi connectivity index (χ1n) is 5.18. The Morgan fingerprint density at radius 1 is 1.27 bits per heavy atom. The van der Waals surface area contributed by atoms with E-state index in [1.54, 1.807) is 0 Å². The zero-order chi connectivity index (χ0) is 10.7. The fourth-order valence-electron chi connectivity index (χ4n) is 1.79. The molecule has 1 fully saturated rings. The Bertz CT molecular complexity index is 345. The monoisotopic (exact) mass is 268 g/mol. The predicted molar refractivity (Wildman–Crippen MR) is 62.0 cm³/mol. The summed E-state index contributed by atoms with van der Waals surface area (Å²) < 4.78 is 6.78. The maximum Gasteiger partial charge on any atom is 0.136 e. The van der Waals surface area contributed by atoms with Crippen LogP contribution in [0.1, 0.15) is 25.7 Å². The van der Waals surface area contributed by atoms with Crippen molar-refractivity contribution in [1.82, 2.24) is 0 Å². The van der Waals surface area contributed by atoms with Gasteiger partial charge in [0, 0.05) is 17.3 Å². The van der Waals surface area contributed by atoms with Crippen LogP contribution in [0.3, 0.4) is 0 Å². The molecule has 1 aromatic rings. The van der Waals surface area contributed by atoms with Crippen molar-refractivity contribution >= 4 is 21.7 Å². The predicted octanol–water partition coefficient (Wildman–Crippen LogP) is 3.34. The van der Waals surface area contributed by atoms with E-state index < -0.39 is 0 Å². The summed E-state index contributed by atoms with van der Waals surface area (Å²) in [7, 11) is 0. The Morgan fingerprint density at radius 2 is 2.00 bits per heavy atom. The second-order valence-corrected chi connectivity index (χ2v) is 4.74. The minimum atomic E-state index is 0.0763. The van der Waals surface area contributed by atoms with Gasteiger partial charge in [0.1, 0.15) is 17.6 Å². The molecular weight excluding hydrogens is 256 g/mol. The molecule has 0 saturated heterocycles. The van der Waals surface area contributed by atoms with E-state index in [0.29, 0.717) is 12.2 Å². The molecule has 0 spiro atoms. The third-order valence-electron chi connectivity index (χ3n) is 2.55. The number of ether oxygens (including phenoxy) is 1. The molecule has 80 valence electrons. The Kier molecular flexibility index (Phi) is 3.41. The van der Waals surface area contributed by atoms with Gasteiger partial charge in [-0.25, -0.2) is 0 Å². The number of Topliss-reactive ketones (excluding diaryl/α,β-unsaturated/α-hetero) is 1. The average molecular weight is 269 g/mol. The molecule has 15 heavy (non-hydrogen) atoms. The summed E-state index contributed by atoms with van der Waals surface area (Å²) in [5.74, 6) is 1.17. The minimum Gasteiger partial charge on any atom is -0.490 e. The van der Waals surface area contributed by atoms with Crippen LogP contribution in [0.15, 0.2) is 28.7 Å². The zero-order valence-corrected chi connectivity index (χ0v) is 10.00. The lowest BCUT2D eigenvalue weighted by atomic mass is 9.96. The van der Waals surface area contributed by atoms with Crippen LogP contribution in [-0.2, 0) is 4.79 Å². The van der Waals surface area contributed by atoms with Gasteiger partial charge in [0.15, 0.2) is 0 Å². The molecule has 1 aliphatic rings. The van der Waals surface area contributed by atoms with Crippen LogP contribution in [0.4, 0.5) is 0 Å². The van der Waals surface area contributed by atoms with Crippen LogP contribution in [0.5, 0.6) is 5.75 Å². The van der Waals surface area contributed by atoms with Crippen LogP contribution in [0, 0.1) is 0 Å². The minimum absolute atomic E-state index is 0.0763. The van der Waals surface area contributed by atoms with Gasteiger partial charge in [-0.1, -0.05) is 15.9 Å². The van der Waals surface area contributed by atoms with Gasteiger partial charge in [-0.05, 0) is 37.1 Å². The molecule has 0 aliphatic heterocycles. The van der Waals surface area contributed by atoms with E-state index in [4.69, 9.17) is 4.74 Å². The number of rotatable bonds is 2. The van der Waals surface area contributed by atoms with Crippen LogP contribution in [0.25, 0.3) is 0 Å². The molecule has 0 aromatic heterocycles. The molecule has 0 bridgehead atoms. The van der Waals surface area contributed by atoms with Crippen molar-refractivity contribution in [2.24, 2.45) is 0 Å². The van der Waals surface area contributed by atoms with Crippen molar-refractivity contribution in [3.8, 4) is 5.75 Å². The second-order valence-electron chi connectivity index (χ2n) is 3.83. The number of hydrogen-bond donors (Lipinski definition) is 0. The van der Waals surface area contributed by atoms with Crippen molar-refractivity contribution in [3.05, 3.63) is 28.7 Å². The lowest BCUT2D eigenvalue weighted by Crippen LogP contribution is -2.25. The lowest BCUT2D eigenvalue weighted by Gasteiger charge is -2.22. The number of halogens is 1. The van der Waals surface area contributed by atoms with Crippen LogP contribution in [-0.4, -0.2) is 11.9 Å². The number of benzene rings is 1. The summed E-state index contributed by atoms with van der Waals surface area (Å²) in [5.41, 5.74) is 0. The Labute approximate surface area is 97.8 Å². The van der Waals surface area contributed by atoms with Crippen molar-refractivity contribution in [2.75, 3.05) is 0 Å². The summed E-state index contributed by atoms with van der Waals surface area (Å²) in [5, 5.41) is 0. The van der Waals surface area contributed by atoms with Crippen molar-refractivity contribution in [3.63, 3.8) is 0 Å². The van der Waals surface area contributed by atoms with E-state index >= 15 is 0 Å². The highest BCUT2D eigenvalue weighted by atomic mass is 79.9.